The molecule has 0 aromatic heterocycles. The van der Waals surface area contributed by atoms with Crippen LogP contribution in [0, 0.1) is 5.82 Å². The van der Waals surface area contributed by atoms with E-state index in [-0.39, 0.29) is 39.8 Å². The van der Waals surface area contributed by atoms with Gasteiger partial charge in [-0.3, -0.25) is 9.59 Å². The Hall–Kier alpha value is -1.67. The zero-order valence-electron chi connectivity index (χ0n) is 15.6. The highest BCUT2D eigenvalue weighted by Crippen LogP contribution is 2.26. The summed E-state index contributed by atoms with van der Waals surface area (Å²) in [5, 5.41) is -0.240. The van der Waals surface area contributed by atoms with E-state index in [0.29, 0.717) is 39.0 Å². The lowest BCUT2D eigenvalue weighted by molar-refractivity contribution is -0.132. The van der Waals surface area contributed by atoms with E-state index in [1.807, 2.05) is 0 Å². The molecule has 0 unspecified atom stereocenters. The van der Waals surface area contributed by atoms with Crippen LogP contribution in [0.25, 0.3) is 0 Å². The summed E-state index contributed by atoms with van der Waals surface area (Å²) in [6.45, 7) is 1.33. The zero-order chi connectivity index (χ0) is 20.3. The number of rotatable bonds is 5. The molecule has 0 atom stereocenters. The fraction of sp³-hybridized carbons (Fsp3) is 0.579. The molecule has 1 aromatic rings. The van der Waals surface area contributed by atoms with Crippen LogP contribution in [0.4, 0.5) is 4.39 Å². The number of halogens is 2. The van der Waals surface area contributed by atoms with Gasteiger partial charge in [-0.05, 0) is 31.0 Å². The van der Waals surface area contributed by atoms with Gasteiger partial charge in [-0.1, -0.05) is 24.4 Å². The van der Waals surface area contributed by atoms with Gasteiger partial charge in [0.15, 0.2) is 9.84 Å². The Labute approximate surface area is 169 Å². The van der Waals surface area contributed by atoms with Crippen LogP contribution in [0.3, 0.4) is 0 Å². The lowest BCUT2D eigenvalue weighted by Crippen LogP contribution is -2.50. The van der Waals surface area contributed by atoms with Crippen molar-refractivity contribution in [2.75, 3.05) is 31.9 Å². The van der Waals surface area contributed by atoms with Crippen molar-refractivity contribution >= 4 is 33.3 Å². The molecule has 0 radical (unpaired) electrons. The topological polar surface area (TPSA) is 74.8 Å². The Kier molecular flexibility index (Phi) is 6.60. The minimum Gasteiger partial charge on any atom is -0.339 e. The molecule has 2 amide bonds. The predicted octanol–water partition coefficient (Wildman–Crippen LogP) is 2.51. The van der Waals surface area contributed by atoms with Gasteiger partial charge in [-0.15, -0.1) is 0 Å². The maximum atomic E-state index is 13.2. The number of nitrogens with zero attached hydrogens (tertiary/aromatic N) is 2. The number of piperazine rings is 1. The molecule has 154 valence electrons. The number of carbonyl (C=O) groups is 2. The smallest absolute Gasteiger partial charge is 0.255 e. The highest BCUT2D eigenvalue weighted by atomic mass is 35.5. The van der Waals surface area contributed by atoms with E-state index < -0.39 is 15.7 Å². The molecule has 28 heavy (non-hydrogen) atoms. The van der Waals surface area contributed by atoms with Crippen molar-refractivity contribution in [2.45, 2.75) is 37.4 Å². The van der Waals surface area contributed by atoms with Crippen LogP contribution < -0.4 is 0 Å². The Morgan fingerprint density at radius 1 is 1.07 bits per heavy atom. The van der Waals surface area contributed by atoms with Crippen molar-refractivity contribution in [3.8, 4) is 0 Å². The van der Waals surface area contributed by atoms with E-state index in [2.05, 4.69) is 0 Å². The van der Waals surface area contributed by atoms with Gasteiger partial charge in [0.1, 0.15) is 5.82 Å². The van der Waals surface area contributed by atoms with E-state index in [0.717, 1.165) is 18.9 Å². The summed E-state index contributed by atoms with van der Waals surface area (Å²) in [4.78, 5) is 28.1. The summed E-state index contributed by atoms with van der Waals surface area (Å²) >= 11 is 5.95. The van der Waals surface area contributed by atoms with Gasteiger partial charge < -0.3 is 9.80 Å². The largest absolute Gasteiger partial charge is 0.339 e. The molecule has 2 fully saturated rings. The first-order valence-corrected chi connectivity index (χ1v) is 11.6. The van der Waals surface area contributed by atoms with Crippen molar-refractivity contribution in [1.82, 2.24) is 9.80 Å². The number of hydrogen-bond acceptors (Lipinski definition) is 4. The summed E-state index contributed by atoms with van der Waals surface area (Å²) in [6.07, 6.45) is 3.25. The summed E-state index contributed by atoms with van der Waals surface area (Å²) in [7, 11) is -3.22. The van der Waals surface area contributed by atoms with Gasteiger partial charge in [-0.25, -0.2) is 12.8 Å². The normalized spacial score (nSPS) is 18.5. The minimum absolute atomic E-state index is 0.0173. The van der Waals surface area contributed by atoms with Crippen LogP contribution in [0.5, 0.6) is 0 Å². The quantitative estimate of drug-likeness (QED) is 0.719. The molecule has 1 aliphatic carbocycles. The lowest BCUT2D eigenvalue weighted by atomic mass is 10.1. The predicted molar refractivity (Wildman–Crippen MR) is 105 cm³/mol. The monoisotopic (exact) mass is 430 g/mol. The second-order valence-corrected chi connectivity index (χ2v) is 10.1. The molecule has 3 rings (SSSR count). The zero-order valence-corrected chi connectivity index (χ0v) is 17.1. The maximum Gasteiger partial charge on any atom is 0.255 e. The van der Waals surface area contributed by atoms with Gasteiger partial charge in [0.05, 0.1) is 21.6 Å². The molecular weight excluding hydrogens is 407 g/mol. The van der Waals surface area contributed by atoms with E-state index in [1.165, 1.54) is 12.1 Å². The van der Waals surface area contributed by atoms with Gasteiger partial charge >= 0.3 is 0 Å². The third-order valence-electron chi connectivity index (χ3n) is 5.49. The molecule has 1 aliphatic heterocycles. The first-order valence-electron chi connectivity index (χ1n) is 9.51. The highest BCUT2D eigenvalue weighted by molar-refractivity contribution is 7.92. The fourth-order valence-corrected chi connectivity index (χ4v) is 5.89. The van der Waals surface area contributed by atoms with Crippen molar-refractivity contribution in [2.24, 2.45) is 0 Å². The van der Waals surface area contributed by atoms with Crippen LogP contribution >= 0.6 is 11.6 Å². The van der Waals surface area contributed by atoms with Gasteiger partial charge in [-0.2, -0.15) is 0 Å². The van der Waals surface area contributed by atoms with Crippen LogP contribution in [0.1, 0.15) is 42.5 Å². The molecule has 0 spiro atoms. The third-order valence-corrected chi connectivity index (χ3v) is 8.06. The number of amides is 2. The van der Waals surface area contributed by atoms with Crippen LogP contribution in [-0.2, 0) is 14.6 Å². The molecule has 1 saturated heterocycles. The summed E-state index contributed by atoms with van der Waals surface area (Å²) in [6, 6.07) is 3.63. The molecule has 0 bridgehead atoms. The Balaban J connectivity index is 1.50. The fourth-order valence-electron chi connectivity index (χ4n) is 3.79. The summed E-state index contributed by atoms with van der Waals surface area (Å²) in [5.74, 6) is -1.13. The molecular formula is C19H24ClFN2O4S. The van der Waals surface area contributed by atoms with E-state index in [1.54, 1.807) is 9.80 Å². The molecule has 1 saturated carbocycles. The standard InChI is InChI=1S/C19H24ClFN2O4S/c20-17-13-14(21)5-6-16(17)19(25)23-10-8-22(9-11-23)18(24)7-12-28(26,27)15-3-1-2-4-15/h5-6,13,15H,1-4,7-12H2. The van der Waals surface area contributed by atoms with Crippen molar-refractivity contribution in [3.63, 3.8) is 0 Å². The molecule has 2 aliphatic rings. The van der Waals surface area contributed by atoms with E-state index in [9.17, 15) is 22.4 Å². The first-order chi connectivity index (χ1) is 13.3. The van der Waals surface area contributed by atoms with E-state index in [4.69, 9.17) is 11.6 Å². The Morgan fingerprint density at radius 3 is 2.29 bits per heavy atom. The van der Waals surface area contributed by atoms with Gasteiger partial charge in [0.2, 0.25) is 5.91 Å². The summed E-state index contributed by atoms with van der Waals surface area (Å²) in [5.41, 5.74) is 0.227. The molecule has 9 heteroatoms. The van der Waals surface area contributed by atoms with Crippen molar-refractivity contribution < 1.29 is 22.4 Å². The number of sulfone groups is 1. The average Bonchev–Trinajstić information content (AvgIpc) is 3.22. The lowest BCUT2D eigenvalue weighted by Gasteiger charge is -2.35. The number of carbonyl (C=O) groups excluding carboxylic acids is 2. The molecule has 1 heterocycles. The Bertz CT molecular complexity index is 847. The van der Waals surface area contributed by atoms with Crippen LogP contribution in [0.2, 0.25) is 5.02 Å². The second-order valence-electron chi connectivity index (χ2n) is 7.32. The third kappa shape index (κ3) is 4.84. The van der Waals surface area contributed by atoms with Crippen molar-refractivity contribution in [1.29, 1.82) is 0 Å². The summed E-state index contributed by atoms with van der Waals surface area (Å²) < 4.78 is 37.8. The van der Waals surface area contributed by atoms with Gasteiger partial charge in [0, 0.05) is 32.6 Å². The van der Waals surface area contributed by atoms with Crippen LogP contribution in [-0.4, -0.2) is 67.2 Å². The molecule has 0 N–H and O–H groups in total. The number of hydrogen-bond donors (Lipinski definition) is 0. The average molecular weight is 431 g/mol. The molecule has 6 nitrogen and oxygen atoms in total. The molecule has 1 aromatic carbocycles. The van der Waals surface area contributed by atoms with Gasteiger partial charge in [0.25, 0.3) is 5.91 Å². The minimum atomic E-state index is -3.22. The SMILES string of the molecule is O=C(CCS(=O)(=O)C1CCCC1)N1CCN(C(=O)c2ccc(F)cc2Cl)CC1. The maximum absolute atomic E-state index is 13.2. The van der Waals surface area contributed by atoms with E-state index >= 15 is 0 Å². The second kappa shape index (κ2) is 8.78. The van der Waals surface area contributed by atoms with Crippen LogP contribution in [0.15, 0.2) is 18.2 Å². The number of benzene rings is 1. The van der Waals surface area contributed by atoms with Crippen molar-refractivity contribution in [3.05, 3.63) is 34.6 Å². The Morgan fingerprint density at radius 2 is 1.68 bits per heavy atom. The highest BCUT2D eigenvalue weighted by Gasteiger charge is 2.31. The first kappa shape index (κ1) is 21.0.